The molecule has 166 valence electrons. The smallest absolute Gasteiger partial charge is 0.249 e. The Labute approximate surface area is 199 Å². The predicted molar refractivity (Wildman–Crippen MR) is 137 cm³/mol. The molecule has 1 aromatic heterocycles. The molecule has 0 fully saturated rings. The van der Waals surface area contributed by atoms with Gasteiger partial charge in [-0.25, -0.2) is 9.67 Å². The summed E-state index contributed by atoms with van der Waals surface area (Å²) in [5.74, 6) is 0.417. The molecule has 3 aromatic carbocycles. The maximum atomic E-state index is 12.5. The number of hydrogen-bond donors (Lipinski definition) is 2. The molecule has 33 heavy (non-hydrogen) atoms. The second-order valence-electron chi connectivity index (χ2n) is 8.10. The molecule has 0 bridgehead atoms. The summed E-state index contributed by atoms with van der Waals surface area (Å²) >= 11 is 4.53. The molecule has 0 aliphatic rings. The van der Waals surface area contributed by atoms with Crippen molar-refractivity contribution in [2.75, 3.05) is 5.32 Å². The number of amides is 1. The van der Waals surface area contributed by atoms with E-state index in [1.807, 2.05) is 54.6 Å². The summed E-state index contributed by atoms with van der Waals surface area (Å²) in [5.41, 5.74) is 7.33. The summed E-state index contributed by atoms with van der Waals surface area (Å²) in [7, 11) is 0. The zero-order valence-corrected chi connectivity index (χ0v) is 19.8. The Morgan fingerprint density at radius 2 is 1.64 bits per heavy atom. The number of allylic oxidation sites excluding steroid dienone is 1. The molecular weight excluding hydrogens is 428 g/mol. The van der Waals surface area contributed by atoms with Crippen LogP contribution in [0, 0.1) is 20.8 Å². The van der Waals surface area contributed by atoms with E-state index < -0.39 is 0 Å². The monoisotopic (exact) mass is 454 g/mol. The van der Waals surface area contributed by atoms with Crippen molar-refractivity contribution in [1.82, 2.24) is 14.8 Å². The molecule has 4 rings (SSSR count). The van der Waals surface area contributed by atoms with E-state index in [0.717, 1.165) is 11.3 Å². The minimum absolute atomic E-state index is 0.208. The average molecular weight is 455 g/mol. The van der Waals surface area contributed by atoms with Crippen LogP contribution < -0.4 is 5.32 Å². The minimum Gasteiger partial charge on any atom is -0.322 e. The molecule has 0 saturated heterocycles. The zero-order valence-electron chi connectivity index (χ0n) is 18.9. The molecular formula is C27H26N4OS. The fourth-order valence-corrected chi connectivity index (χ4v) is 3.88. The average Bonchev–Trinajstić information content (AvgIpc) is 3.27. The second-order valence-corrected chi connectivity index (χ2v) is 8.67. The highest BCUT2D eigenvalue weighted by Gasteiger charge is 2.08. The summed E-state index contributed by atoms with van der Waals surface area (Å²) < 4.78 is 1.75. The summed E-state index contributed by atoms with van der Waals surface area (Å²) in [6, 6.07) is 21.8. The highest BCUT2D eigenvalue weighted by Crippen LogP contribution is 2.21. The summed E-state index contributed by atoms with van der Waals surface area (Å²) in [4.78, 5) is 17.6. The highest BCUT2D eigenvalue weighted by atomic mass is 32.1. The fourth-order valence-electron chi connectivity index (χ4n) is 3.61. The van der Waals surface area contributed by atoms with Crippen LogP contribution in [0.25, 0.3) is 17.1 Å². The molecule has 6 heteroatoms. The highest BCUT2D eigenvalue weighted by molar-refractivity contribution is 7.84. The number of nitrogens with one attached hydrogen (secondary N) is 1. The Hall–Kier alpha value is -3.64. The van der Waals surface area contributed by atoms with Crippen LogP contribution in [0.3, 0.4) is 0 Å². The third-order valence-electron chi connectivity index (χ3n) is 5.50. The van der Waals surface area contributed by atoms with Crippen molar-refractivity contribution in [2.45, 2.75) is 27.2 Å². The number of hydrogen-bond acceptors (Lipinski definition) is 4. The third-order valence-corrected chi connectivity index (χ3v) is 5.79. The van der Waals surface area contributed by atoms with Crippen LogP contribution in [0.15, 0.2) is 84.0 Å². The van der Waals surface area contributed by atoms with Gasteiger partial charge in [-0.1, -0.05) is 35.9 Å². The summed E-state index contributed by atoms with van der Waals surface area (Å²) in [6.45, 7) is 6.20. The van der Waals surface area contributed by atoms with Gasteiger partial charge in [0.15, 0.2) is 5.82 Å². The lowest BCUT2D eigenvalue weighted by Gasteiger charge is -2.09. The van der Waals surface area contributed by atoms with Crippen LogP contribution in [0.1, 0.15) is 22.3 Å². The van der Waals surface area contributed by atoms with Gasteiger partial charge in [-0.05, 0) is 78.8 Å². The van der Waals surface area contributed by atoms with Gasteiger partial charge in [0.05, 0.1) is 5.69 Å². The van der Waals surface area contributed by atoms with Gasteiger partial charge in [0.1, 0.15) is 6.33 Å². The lowest BCUT2D eigenvalue weighted by molar-refractivity contribution is -0.111. The van der Waals surface area contributed by atoms with Gasteiger partial charge in [-0.3, -0.25) is 4.79 Å². The molecule has 4 aromatic rings. The molecule has 1 heterocycles. The first-order valence-corrected chi connectivity index (χ1v) is 11.2. The molecule has 5 nitrogen and oxygen atoms in total. The van der Waals surface area contributed by atoms with Crippen LogP contribution in [-0.2, 0) is 11.2 Å². The molecule has 1 N–H and O–H groups in total. The first kappa shape index (κ1) is 22.6. The first-order chi connectivity index (χ1) is 15.9. The summed E-state index contributed by atoms with van der Waals surface area (Å²) in [5, 5.41) is 7.46. The molecule has 0 aliphatic heterocycles. The number of aryl methyl sites for hydroxylation is 3. The molecule has 0 aliphatic carbocycles. The van der Waals surface area contributed by atoms with E-state index in [1.165, 1.54) is 28.3 Å². The molecule has 0 spiro atoms. The largest absolute Gasteiger partial charge is 0.322 e. The van der Waals surface area contributed by atoms with Crippen molar-refractivity contribution in [3.8, 4) is 17.1 Å². The van der Waals surface area contributed by atoms with Crippen LogP contribution in [-0.4, -0.2) is 20.7 Å². The normalized spacial score (nSPS) is 11.5. The summed E-state index contributed by atoms with van der Waals surface area (Å²) in [6.07, 6.45) is 3.86. The van der Waals surface area contributed by atoms with Crippen molar-refractivity contribution in [3.63, 3.8) is 0 Å². The van der Waals surface area contributed by atoms with Crippen LogP contribution in [0.5, 0.6) is 0 Å². The number of carbonyl (C=O) groups is 1. The van der Waals surface area contributed by atoms with Crippen molar-refractivity contribution in [1.29, 1.82) is 0 Å². The lowest BCUT2D eigenvalue weighted by atomic mass is 10.00. The number of nitrogens with zero attached hydrogens (tertiary/aromatic N) is 3. The molecule has 0 atom stereocenters. The number of rotatable bonds is 6. The van der Waals surface area contributed by atoms with E-state index >= 15 is 0 Å². The Bertz CT molecular complexity index is 1280. The van der Waals surface area contributed by atoms with Crippen LogP contribution >= 0.6 is 12.6 Å². The minimum atomic E-state index is -0.208. The topological polar surface area (TPSA) is 59.8 Å². The van der Waals surface area contributed by atoms with E-state index in [2.05, 4.69) is 60.9 Å². The Kier molecular flexibility index (Phi) is 6.75. The van der Waals surface area contributed by atoms with Crippen molar-refractivity contribution in [3.05, 3.63) is 106 Å². The molecule has 0 radical (unpaired) electrons. The Balaban J connectivity index is 1.41. The zero-order chi connectivity index (χ0) is 23.4. The maximum absolute atomic E-state index is 12.5. The van der Waals surface area contributed by atoms with Crippen molar-refractivity contribution in [2.24, 2.45) is 0 Å². The quantitative estimate of drug-likeness (QED) is 0.284. The molecule has 1 amide bonds. The van der Waals surface area contributed by atoms with Crippen molar-refractivity contribution < 1.29 is 4.79 Å². The number of carbonyl (C=O) groups excluding carboxylic acids is 1. The van der Waals surface area contributed by atoms with Crippen molar-refractivity contribution >= 4 is 24.2 Å². The predicted octanol–water partition coefficient (Wildman–Crippen LogP) is 5.85. The van der Waals surface area contributed by atoms with E-state index in [4.69, 9.17) is 0 Å². The SMILES string of the molecule is Cc1ccc(-n2cnc(-c3ccc(NC(=O)/C=C(\S)Cc4c(C)cccc4C)cc3)n2)cc1. The van der Waals surface area contributed by atoms with E-state index in [1.54, 1.807) is 11.0 Å². The second kappa shape index (κ2) is 9.88. The maximum Gasteiger partial charge on any atom is 0.249 e. The van der Waals surface area contributed by atoms with Gasteiger partial charge in [-0.15, -0.1) is 17.7 Å². The lowest BCUT2D eigenvalue weighted by Crippen LogP contribution is -2.09. The van der Waals surface area contributed by atoms with Crippen LogP contribution in [0.4, 0.5) is 5.69 Å². The van der Waals surface area contributed by atoms with Crippen LogP contribution in [0.2, 0.25) is 0 Å². The standard InChI is InChI=1S/C27H26N4OS/c1-18-7-13-23(14-8-18)31-17-28-27(30-31)21-9-11-22(12-10-21)29-26(32)16-24(33)15-25-19(2)5-4-6-20(25)3/h4-14,16-17,33H,15H2,1-3H3,(H,29,32)/b24-16-. The fraction of sp³-hybridized carbons (Fsp3) is 0.148. The van der Waals surface area contributed by atoms with E-state index in [0.29, 0.717) is 22.8 Å². The molecule has 0 saturated carbocycles. The van der Waals surface area contributed by atoms with Gasteiger partial charge in [0.2, 0.25) is 5.91 Å². The third kappa shape index (κ3) is 5.59. The Morgan fingerprint density at radius 3 is 2.30 bits per heavy atom. The van der Waals surface area contributed by atoms with Gasteiger partial charge in [0, 0.05) is 23.7 Å². The van der Waals surface area contributed by atoms with Gasteiger partial charge in [0.25, 0.3) is 0 Å². The van der Waals surface area contributed by atoms with Gasteiger partial charge < -0.3 is 5.32 Å². The van der Waals surface area contributed by atoms with E-state index in [9.17, 15) is 4.79 Å². The Morgan fingerprint density at radius 1 is 0.970 bits per heavy atom. The van der Waals surface area contributed by atoms with Gasteiger partial charge in [-0.2, -0.15) is 0 Å². The number of anilines is 1. The van der Waals surface area contributed by atoms with Gasteiger partial charge >= 0.3 is 0 Å². The number of benzene rings is 3. The first-order valence-electron chi connectivity index (χ1n) is 10.7. The number of thiol groups is 1. The van der Waals surface area contributed by atoms with E-state index in [-0.39, 0.29) is 5.91 Å². The number of aromatic nitrogens is 3. The molecule has 0 unspecified atom stereocenters.